The highest BCUT2D eigenvalue weighted by molar-refractivity contribution is 7.98. The lowest BCUT2D eigenvalue weighted by Crippen LogP contribution is -2.12. The Labute approximate surface area is 145 Å². The van der Waals surface area contributed by atoms with Crippen molar-refractivity contribution < 1.29 is 4.79 Å². The van der Waals surface area contributed by atoms with Crippen LogP contribution in [0.4, 0.5) is 0 Å². The average molecular weight is 366 g/mol. The van der Waals surface area contributed by atoms with Gasteiger partial charge in [0.1, 0.15) is 10.8 Å². The van der Waals surface area contributed by atoms with Crippen LogP contribution in [0.25, 0.3) is 10.6 Å². The number of rotatable bonds is 7. The number of aromatic nitrogens is 4. The largest absolute Gasteiger partial charge is 0.370 e. The van der Waals surface area contributed by atoms with E-state index in [4.69, 9.17) is 5.73 Å². The molecule has 23 heavy (non-hydrogen) atoms. The minimum absolute atomic E-state index is 0.284. The Balaban J connectivity index is 1.61. The second-order valence-corrected chi connectivity index (χ2v) is 7.45. The third kappa shape index (κ3) is 3.98. The first kappa shape index (κ1) is 16.2. The van der Waals surface area contributed by atoms with Gasteiger partial charge in [-0.15, -0.1) is 21.5 Å². The Morgan fingerprint density at radius 3 is 3.00 bits per heavy atom. The normalized spacial score (nSPS) is 11.0. The zero-order valence-electron chi connectivity index (χ0n) is 12.4. The summed E-state index contributed by atoms with van der Waals surface area (Å²) in [5.74, 6) is 1.18. The molecule has 0 radical (unpaired) electrons. The number of nitrogens with two attached hydrogens (primary N) is 1. The average Bonchev–Trinajstić information content (AvgIpc) is 3.25. The molecule has 1 amide bonds. The summed E-state index contributed by atoms with van der Waals surface area (Å²) < 4.78 is 1.90. The maximum atomic E-state index is 10.9. The van der Waals surface area contributed by atoms with Crippen LogP contribution in [0.3, 0.4) is 0 Å². The van der Waals surface area contributed by atoms with Crippen LogP contribution in [0, 0.1) is 0 Å². The van der Waals surface area contributed by atoms with Gasteiger partial charge in [0.05, 0.1) is 5.69 Å². The van der Waals surface area contributed by atoms with Crippen LogP contribution in [0.15, 0.2) is 27.4 Å². The maximum Gasteiger partial charge on any atom is 0.217 e. The lowest BCUT2D eigenvalue weighted by atomic mass is 10.3. The molecule has 3 heterocycles. The molecule has 3 aromatic rings. The molecule has 0 aliphatic carbocycles. The fraction of sp³-hybridized carbons (Fsp3) is 0.286. The summed E-state index contributed by atoms with van der Waals surface area (Å²) in [5.41, 5.74) is 7.37. The number of hydrogen-bond donors (Lipinski definition) is 1. The van der Waals surface area contributed by atoms with E-state index in [1.165, 1.54) is 5.56 Å². The summed E-state index contributed by atoms with van der Waals surface area (Å²) in [7, 11) is 1.90. The van der Waals surface area contributed by atoms with Crippen molar-refractivity contribution in [2.24, 2.45) is 12.8 Å². The standard InChI is InChI=1S/C14H15N5OS3/c1-19-12(3-2-11(15)20)17-18-14(19)23-8-10-7-22-13(16-10)9-4-5-21-6-9/h4-7H,2-3,8H2,1H3,(H2,15,20). The van der Waals surface area contributed by atoms with Crippen molar-refractivity contribution in [3.63, 3.8) is 0 Å². The Hall–Kier alpha value is -1.71. The van der Waals surface area contributed by atoms with Gasteiger partial charge in [-0.05, 0) is 11.4 Å². The minimum atomic E-state index is -0.328. The van der Waals surface area contributed by atoms with Gasteiger partial charge >= 0.3 is 0 Å². The molecule has 0 aliphatic rings. The molecule has 0 fully saturated rings. The fourth-order valence-electron chi connectivity index (χ4n) is 1.95. The number of thioether (sulfide) groups is 1. The van der Waals surface area contributed by atoms with E-state index in [9.17, 15) is 4.79 Å². The van der Waals surface area contributed by atoms with Crippen LogP contribution in [0.2, 0.25) is 0 Å². The number of primary amides is 1. The van der Waals surface area contributed by atoms with E-state index < -0.39 is 0 Å². The van der Waals surface area contributed by atoms with Crippen LogP contribution in [-0.2, 0) is 24.0 Å². The number of aryl methyl sites for hydroxylation is 1. The Bertz CT molecular complexity index is 793. The molecule has 0 saturated heterocycles. The van der Waals surface area contributed by atoms with E-state index in [0.717, 1.165) is 27.4 Å². The van der Waals surface area contributed by atoms with Crippen molar-refractivity contribution >= 4 is 40.3 Å². The fourth-order valence-corrected chi connectivity index (χ4v) is 4.41. The Morgan fingerprint density at radius 2 is 2.26 bits per heavy atom. The first-order valence-electron chi connectivity index (χ1n) is 6.90. The van der Waals surface area contributed by atoms with Gasteiger partial charge < -0.3 is 10.3 Å². The summed E-state index contributed by atoms with van der Waals surface area (Å²) >= 11 is 4.91. The van der Waals surface area contributed by atoms with Crippen LogP contribution in [0.5, 0.6) is 0 Å². The molecule has 3 aromatic heterocycles. The quantitative estimate of drug-likeness (QED) is 0.651. The van der Waals surface area contributed by atoms with Gasteiger partial charge in [-0.25, -0.2) is 4.98 Å². The van der Waals surface area contributed by atoms with Crippen molar-refractivity contribution in [1.29, 1.82) is 0 Å². The maximum absolute atomic E-state index is 10.9. The Morgan fingerprint density at radius 1 is 1.39 bits per heavy atom. The molecule has 0 atom stereocenters. The molecule has 2 N–H and O–H groups in total. The number of thiophene rings is 1. The number of thiazole rings is 1. The van der Waals surface area contributed by atoms with E-state index >= 15 is 0 Å². The topological polar surface area (TPSA) is 86.7 Å². The van der Waals surface area contributed by atoms with Gasteiger partial charge in [0.15, 0.2) is 5.16 Å². The molecule has 0 aromatic carbocycles. The highest BCUT2D eigenvalue weighted by Crippen LogP contribution is 2.28. The number of amides is 1. The second kappa shape index (κ2) is 7.24. The van der Waals surface area contributed by atoms with Crippen molar-refractivity contribution in [2.75, 3.05) is 0 Å². The smallest absolute Gasteiger partial charge is 0.217 e. The van der Waals surface area contributed by atoms with Gasteiger partial charge in [0, 0.05) is 42.0 Å². The van der Waals surface area contributed by atoms with Gasteiger partial charge in [0.25, 0.3) is 0 Å². The van der Waals surface area contributed by atoms with Gasteiger partial charge in [-0.3, -0.25) is 4.79 Å². The summed E-state index contributed by atoms with van der Waals surface area (Å²) in [6.07, 6.45) is 0.797. The molecule has 0 aliphatic heterocycles. The lowest BCUT2D eigenvalue weighted by molar-refractivity contribution is -0.118. The zero-order valence-corrected chi connectivity index (χ0v) is 14.9. The van der Waals surface area contributed by atoms with E-state index in [2.05, 4.69) is 37.4 Å². The summed E-state index contributed by atoms with van der Waals surface area (Å²) in [5, 5.41) is 16.4. The predicted molar refractivity (Wildman–Crippen MR) is 93.5 cm³/mol. The van der Waals surface area contributed by atoms with E-state index in [-0.39, 0.29) is 12.3 Å². The third-order valence-electron chi connectivity index (χ3n) is 3.19. The highest BCUT2D eigenvalue weighted by atomic mass is 32.2. The molecular weight excluding hydrogens is 350 g/mol. The molecule has 0 saturated carbocycles. The van der Waals surface area contributed by atoms with Crippen LogP contribution in [-0.4, -0.2) is 25.7 Å². The summed E-state index contributed by atoms with van der Waals surface area (Å²) in [6.45, 7) is 0. The number of hydrogen-bond acceptors (Lipinski definition) is 7. The number of nitrogens with zero attached hydrogens (tertiary/aromatic N) is 4. The van der Waals surface area contributed by atoms with Crippen LogP contribution < -0.4 is 5.73 Å². The number of carbonyl (C=O) groups excluding carboxylic acids is 1. The predicted octanol–water partition coefficient (Wildman–Crippen LogP) is 2.71. The second-order valence-electron chi connectivity index (χ2n) is 4.87. The van der Waals surface area contributed by atoms with Crippen molar-refractivity contribution in [2.45, 2.75) is 23.8 Å². The van der Waals surface area contributed by atoms with Crippen molar-refractivity contribution in [3.05, 3.63) is 33.7 Å². The van der Waals surface area contributed by atoms with Gasteiger partial charge in [-0.2, -0.15) is 11.3 Å². The van der Waals surface area contributed by atoms with Crippen LogP contribution >= 0.6 is 34.4 Å². The molecule has 0 spiro atoms. The van der Waals surface area contributed by atoms with Gasteiger partial charge in [0.2, 0.25) is 5.91 Å². The summed E-state index contributed by atoms with van der Waals surface area (Å²) in [4.78, 5) is 15.5. The molecule has 6 nitrogen and oxygen atoms in total. The zero-order chi connectivity index (χ0) is 16.2. The Kier molecular flexibility index (Phi) is 5.09. The minimum Gasteiger partial charge on any atom is -0.370 e. The monoisotopic (exact) mass is 365 g/mol. The third-order valence-corrected chi connectivity index (χ3v) is 5.87. The first-order chi connectivity index (χ1) is 11.1. The highest BCUT2D eigenvalue weighted by Gasteiger charge is 2.12. The first-order valence-corrected chi connectivity index (χ1v) is 9.70. The van der Waals surface area contributed by atoms with Crippen molar-refractivity contribution in [1.82, 2.24) is 19.7 Å². The molecule has 3 rings (SSSR count). The van der Waals surface area contributed by atoms with Gasteiger partial charge in [-0.1, -0.05) is 11.8 Å². The summed E-state index contributed by atoms with van der Waals surface area (Å²) in [6, 6.07) is 2.08. The van der Waals surface area contributed by atoms with Crippen LogP contribution in [0.1, 0.15) is 17.9 Å². The molecule has 0 bridgehead atoms. The van der Waals surface area contributed by atoms with Crippen molar-refractivity contribution in [3.8, 4) is 10.6 Å². The SMILES string of the molecule is Cn1c(CCC(N)=O)nnc1SCc1csc(-c2ccsc2)n1. The molecule has 0 unspecified atom stereocenters. The van der Waals surface area contributed by atoms with E-state index in [1.54, 1.807) is 34.4 Å². The van der Waals surface area contributed by atoms with E-state index in [1.807, 2.05) is 11.6 Å². The molecule has 120 valence electrons. The lowest BCUT2D eigenvalue weighted by Gasteiger charge is -2.02. The molecule has 9 heteroatoms. The molecular formula is C14H15N5OS3. The number of carbonyl (C=O) groups is 1. The van der Waals surface area contributed by atoms with E-state index in [0.29, 0.717) is 6.42 Å².